The molecular formula is C18H16O6. The fourth-order valence-corrected chi connectivity index (χ4v) is 2.61. The lowest BCUT2D eigenvalue weighted by Crippen LogP contribution is -2.43. The number of rotatable bonds is 7. The number of hydrogen-bond donors (Lipinski definition) is 3. The van der Waals surface area contributed by atoms with E-state index in [9.17, 15) is 29.7 Å². The van der Waals surface area contributed by atoms with Crippen molar-refractivity contribution in [2.45, 2.75) is 12.8 Å². The van der Waals surface area contributed by atoms with Crippen LogP contribution in [0.3, 0.4) is 0 Å². The largest absolute Gasteiger partial charge is 0.480 e. The lowest BCUT2D eigenvalue weighted by molar-refractivity contribution is -0.164. The number of carboxylic acids is 3. The highest BCUT2D eigenvalue weighted by Crippen LogP contribution is 2.30. The van der Waals surface area contributed by atoms with Crippen LogP contribution >= 0.6 is 0 Å². The molecule has 2 aromatic carbocycles. The minimum absolute atomic E-state index is 0.0996. The third kappa shape index (κ3) is 3.43. The molecule has 3 N–H and O–H groups in total. The van der Waals surface area contributed by atoms with E-state index in [1.807, 2.05) is 0 Å². The molecule has 124 valence electrons. The van der Waals surface area contributed by atoms with Crippen LogP contribution in [-0.2, 0) is 22.4 Å². The average Bonchev–Trinajstić information content (AvgIpc) is 2.55. The van der Waals surface area contributed by atoms with Crippen molar-refractivity contribution in [3.05, 3.63) is 71.3 Å². The molecule has 0 spiro atoms. The molecule has 0 aromatic heterocycles. The van der Waals surface area contributed by atoms with Crippen molar-refractivity contribution in [3.8, 4) is 0 Å². The molecule has 2 rings (SSSR count). The highest BCUT2D eigenvalue weighted by atomic mass is 16.4. The van der Waals surface area contributed by atoms with Crippen molar-refractivity contribution in [1.29, 1.82) is 0 Å². The van der Waals surface area contributed by atoms with Crippen LogP contribution < -0.4 is 0 Å². The Morgan fingerprint density at radius 3 is 1.83 bits per heavy atom. The molecule has 0 bridgehead atoms. The lowest BCUT2D eigenvalue weighted by atomic mass is 9.75. The molecule has 0 aliphatic carbocycles. The van der Waals surface area contributed by atoms with E-state index < -0.39 is 29.7 Å². The average molecular weight is 328 g/mol. The number of aromatic carboxylic acids is 1. The number of carboxylic acid groups (broad SMARTS) is 3. The summed E-state index contributed by atoms with van der Waals surface area (Å²) in [5.41, 5.74) is -1.52. The summed E-state index contributed by atoms with van der Waals surface area (Å²) in [6, 6.07) is 14.2. The molecule has 0 saturated heterocycles. The van der Waals surface area contributed by atoms with Crippen molar-refractivity contribution in [2.24, 2.45) is 5.41 Å². The molecule has 0 aliphatic heterocycles. The molecule has 0 atom stereocenters. The zero-order valence-corrected chi connectivity index (χ0v) is 12.7. The SMILES string of the molecule is O=C(O)c1ccccc1CC(Cc1ccccc1)(C(=O)O)C(=O)O. The van der Waals surface area contributed by atoms with Gasteiger partial charge >= 0.3 is 17.9 Å². The first kappa shape index (κ1) is 17.2. The second-order valence-corrected chi connectivity index (χ2v) is 5.49. The molecule has 6 heteroatoms. The maximum absolute atomic E-state index is 11.8. The molecule has 0 heterocycles. The lowest BCUT2D eigenvalue weighted by Gasteiger charge is -2.25. The van der Waals surface area contributed by atoms with Crippen molar-refractivity contribution >= 4 is 17.9 Å². The smallest absolute Gasteiger partial charge is 0.335 e. The summed E-state index contributed by atoms with van der Waals surface area (Å²) in [6.07, 6.45) is -0.665. The summed E-state index contributed by atoms with van der Waals surface area (Å²) >= 11 is 0. The molecule has 0 fully saturated rings. The summed E-state index contributed by atoms with van der Waals surface area (Å²) in [7, 11) is 0. The van der Waals surface area contributed by atoms with E-state index >= 15 is 0 Å². The second-order valence-electron chi connectivity index (χ2n) is 5.49. The highest BCUT2D eigenvalue weighted by molar-refractivity contribution is 5.99. The van der Waals surface area contributed by atoms with Crippen LogP contribution in [0.4, 0.5) is 0 Å². The van der Waals surface area contributed by atoms with Crippen LogP contribution in [0.15, 0.2) is 54.6 Å². The van der Waals surface area contributed by atoms with Gasteiger partial charge in [-0.25, -0.2) is 4.79 Å². The van der Waals surface area contributed by atoms with Gasteiger partial charge in [0.05, 0.1) is 5.56 Å². The van der Waals surface area contributed by atoms with Crippen LogP contribution in [0.5, 0.6) is 0 Å². The van der Waals surface area contributed by atoms with Crippen LogP contribution in [-0.4, -0.2) is 33.2 Å². The number of hydrogen-bond acceptors (Lipinski definition) is 3. The van der Waals surface area contributed by atoms with Crippen LogP contribution in [0, 0.1) is 5.41 Å². The van der Waals surface area contributed by atoms with E-state index in [2.05, 4.69) is 0 Å². The van der Waals surface area contributed by atoms with E-state index in [4.69, 9.17) is 0 Å². The normalized spacial score (nSPS) is 11.0. The first-order valence-corrected chi connectivity index (χ1v) is 7.19. The predicted molar refractivity (Wildman–Crippen MR) is 85.0 cm³/mol. The van der Waals surface area contributed by atoms with E-state index in [1.165, 1.54) is 18.2 Å². The minimum atomic E-state index is -2.15. The van der Waals surface area contributed by atoms with Crippen molar-refractivity contribution < 1.29 is 29.7 Å². The minimum Gasteiger partial charge on any atom is -0.480 e. The number of carbonyl (C=O) groups is 3. The summed E-state index contributed by atoms with van der Waals surface area (Å²) in [5, 5.41) is 28.5. The molecular weight excluding hydrogens is 312 g/mol. The Labute approximate surface area is 138 Å². The van der Waals surface area contributed by atoms with Gasteiger partial charge in [0.25, 0.3) is 0 Å². The Bertz CT molecular complexity index is 752. The molecule has 24 heavy (non-hydrogen) atoms. The monoisotopic (exact) mass is 328 g/mol. The highest BCUT2D eigenvalue weighted by Gasteiger charge is 2.47. The van der Waals surface area contributed by atoms with Crippen LogP contribution in [0.2, 0.25) is 0 Å². The van der Waals surface area contributed by atoms with Gasteiger partial charge in [-0.3, -0.25) is 9.59 Å². The molecule has 0 unspecified atom stereocenters. The summed E-state index contributed by atoms with van der Waals surface area (Å²) in [6.45, 7) is 0. The van der Waals surface area contributed by atoms with Gasteiger partial charge in [0.2, 0.25) is 0 Å². The quantitative estimate of drug-likeness (QED) is 0.673. The molecule has 0 aliphatic rings. The maximum Gasteiger partial charge on any atom is 0.335 e. The van der Waals surface area contributed by atoms with Gasteiger partial charge in [0, 0.05) is 6.42 Å². The molecule has 2 aromatic rings. The van der Waals surface area contributed by atoms with Gasteiger partial charge < -0.3 is 15.3 Å². The fourth-order valence-electron chi connectivity index (χ4n) is 2.61. The summed E-state index contributed by atoms with van der Waals surface area (Å²) in [4.78, 5) is 35.0. The van der Waals surface area contributed by atoms with E-state index in [1.54, 1.807) is 36.4 Å². The second kappa shape index (κ2) is 6.95. The Morgan fingerprint density at radius 2 is 1.29 bits per heavy atom. The van der Waals surface area contributed by atoms with Crippen molar-refractivity contribution in [3.63, 3.8) is 0 Å². The Hall–Kier alpha value is -3.15. The Morgan fingerprint density at radius 1 is 0.750 bits per heavy atom. The van der Waals surface area contributed by atoms with Crippen LogP contribution in [0.1, 0.15) is 21.5 Å². The summed E-state index contributed by atoms with van der Waals surface area (Å²) < 4.78 is 0. The van der Waals surface area contributed by atoms with E-state index in [0.717, 1.165) is 0 Å². The van der Waals surface area contributed by atoms with Crippen LogP contribution in [0.25, 0.3) is 0 Å². The standard InChI is InChI=1S/C18H16O6/c19-15(20)14-9-5-4-8-13(14)11-18(16(21)22,17(23)24)10-12-6-2-1-3-7-12/h1-9H,10-11H2,(H,19,20)(H,21,22)(H,23,24). The zero-order valence-electron chi connectivity index (χ0n) is 12.7. The van der Waals surface area contributed by atoms with Gasteiger partial charge in [-0.15, -0.1) is 0 Å². The number of aliphatic carboxylic acids is 2. The van der Waals surface area contributed by atoms with Gasteiger partial charge in [-0.05, 0) is 23.6 Å². The molecule has 0 amide bonds. The fraction of sp³-hybridized carbons (Fsp3) is 0.167. The third-order valence-corrected chi connectivity index (χ3v) is 3.91. The topological polar surface area (TPSA) is 112 Å². The Balaban J connectivity index is 2.50. The summed E-state index contributed by atoms with van der Waals surface area (Å²) in [5.74, 6) is -4.23. The molecule has 6 nitrogen and oxygen atoms in total. The van der Waals surface area contributed by atoms with Crippen molar-refractivity contribution in [1.82, 2.24) is 0 Å². The van der Waals surface area contributed by atoms with Gasteiger partial charge in [-0.2, -0.15) is 0 Å². The van der Waals surface area contributed by atoms with Gasteiger partial charge in [-0.1, -0.05) is 48.5 Å². The van der Waals surface area contributed by atoms with Gasteiger partial charge in [0.1, 0.15) is 0 Å². The molecule has 0 radical (unpaired) electrons. The first-order chi connectivity index (χ1) is 11.4. The zero-order chi connectivity index (χ0) is 17.7. The van der Waals surface area contributed by atoms with E-state index in [0.29, 0.717) is 5.56 Å². The maximum atomic E-state index is 11.8. The first-order valence-electron chi connectivity index (χ1n) is 7.19. The number of benzene rings is 2. The van der Waals surface area contributed by atoms with E-state index in [-0.39, 0.29) is 17.5 Å². The third-order valence-electron chi connectivity index (χ3n) is 3.91. The molecule has 0 saturated carbocycles. The predicted octanol–water partition coefficient (Wildman–Crippen LogP) is 2.33. The Kier molecular flexibility index (Phi) is 4.99. The van der Waals surface area contributed by atoms with Crippen molar-refractivity contribution in [2.75, 3.05) is 0 Å². The van der Waals surface area contributed by atoms with Gasteiger partial charge in [0.15, 0.2) is 5.41 Å².